The second-order valence-electron chi connectivity index (χ2n) is 9.09. The maximum atomic E-state index is 13.8. The molecule has 200 valence electrons. The van der Waals surface area contributed by atoms with E-state index < -0.39 is 56.2 Å². The third kappa shape index (κ3) is 4.19. The number of carbonyl (C=O) groups excluding carboxylic acids is 1. The minimum atomic E-state index is -5.09. The largest absolute Gasteiger partial charge is 0.468 e. The van der Waals surface area contributed by atoms with Gasteiger partial charge in [-0.1, -0.05) is 0 Å². The smallest absolute Gasteiger partial charge is 0.419 e. The van der Waals surface area contributed by atoms with E-state index in [4.69, 9.17) is 4.74 Å². The molecule has 1 aromatic heterocycles. The molecule has 2 heterocycles. The zero-order valence-electron chi connectivity index (χ0n) is 19.8. The normalized spacial score (nSPS) is 19.9. The van der Waals surface area contributed by atoms with Gasteiger partial charge in [0.15, 0.2) is 0 Å². The summed E-state index contributed by atoms with van der Waals surface area (Å²) in [4.78, 5) is 12.4. The number of rotatable bonds is 4. The molecular formula is C25H20F5N3O4S. The van der Waals surface area contributed by atoms with Gasteiger partial charge in [-0.05, 0) is 72.5 Å². The van der Waals surface area contributed by atoms with Crippen molar-refractivity contribution in [3.05, 3.63) is 82.7 Å². The molecule has 0 unspecified atom stereocenters. The first-order valence-corrected chi connectivity index (χ1v) is 12.8. The van der Waals surface area contributed by atoms with E-state index in [1.54, 1.807) is 10.8 Å². The first kappa shape index (κ1) is 26.0. The number of halogens is 5. The average Bonchev–Trinajstić information content (AvgIpc) is 3.28. The molecular weight excluding hydrogens is 533 g/mol. The van der Waals surface area contributed by atoms with E-state index in [1.165, 1.54) is 30.5 Å². The summed E-state index contributed by atoms with van der Waals surface area (Å²) in [7, 11) is -3.37. The summed E-state index contributed by atoms with van der Waals surface area (Å²) < 4.78 is 101. The second-order valence-corrected chi connectivity index (χ2v) is 11.0. The van der Waals surface area contributed by atoms with Crippen molar-refractivity contribution in [1.82, 2.24) is 14.1 Å². The standard InChI is InChI=1S/C25H20F5N3O4S/c1-37-23(34)24-12-15-13-31-33(18-4-2-17(26)3-5-18)22(15)10-16(24)8-9-32(14-24)38(35,36)19-6-7-21(27)20(11-19)25(28,29)30/h2-7,10-11,13H,8-9,12,14H2,1H3/t24-/m0/s1. The maximum absolute atomic E-state index is 13.8. The van der Waals surface area contributed by atoms with Crippen LogP contribution in [-0.4, -0.2) is 48.7 Å². The third-order valence-corrected chi connectivity index (χ3v) is 8.75. The van der Waals surface area contributed by atoms with Crippen molar-refractivity contribution >= 4 is 22.1 Å². The molecule has 3 aromatic rings. The lowest BCUT2D eigenvalue weighted by Crippen LogP contribution is -2.53. The molecule has 1 atom stereocenters. The Morgan fingerprint density at radius 3 is 2.47 bits per heavy atom. The summed E-state index contributed by atoms with van der Waals surface area (Å²) in [5.41, 5.74) is -0.764. The summed E-state index contributed by atoms with van der Waals surface area (Å²) in [5.74, 6) is -2.72. The van der Waals surface area contributed by atoms with Gasteiger partial charge in [0.2, 0.25) is 10.0 Å². The van der Waals surface area contributed by atoms with Crippen LogP contribution in [0, 0.1) is 17.0 Å². The zero-order chi connectivity index (χ0) is 27.5. The van der Waals surface area contributed by atoms with E-state index in [0.717, 1.165) is 17.5 Å². The summed E-state index contributed by atoms with van der Waals surface area (Å²) in [6, 6.07) is 7.11. The minimum Gasteiger partial charge on any atom is -0.468 e. The number of hydrogen-bond acceptors (Lipinski definition) is 5. The van der Waals surface area contributed by atoms with Gasteiger partial charge in [-0.15, -0.1) is 0 Å². The van der Waals surface area contributed by atoms with Gasteiger partial charge in [-0.25, -0.2) is 21.9 Å². The number of piperidine rings is 1. The Kier molecular flexibility index (Phi) is 6.18. The van der Waals surface area contributed by atoms with Crippen molar-refractivity contribution in [2.24, 2.45) is 5.41 Å². The number of esters is 1. The van der Waals surface area contributed by atoms with Crippen molar-refractivity contribution in [3.8, 4) is 5.69 Å². The zero-order valence-corrected chi connectivity index (χ0v) is 20.6. The van der Waals surface area contributed by atoms with Gasteiger partial charge in [0.1, 0.15) is 17.0 Å². The maximum Gasteiger partial charge on any atom is 0.419 e. The van der Waals surface area contributed by atoms with Crippen LogP contribution in [0.5, 0.6) is 0 Å². The summed E-state index contributed by atoms with van der Waals surface area (Å²) in [5, 5.41) is 4.35. The van der Waals surface area contributed by atoms with E-state index in [9.17, 15) is 35.2 Å². The van der Waals surface area contributed by atoms with Gasteiger partial charge < -0.3 is 4.74 Å². The Hall–Kier alpha value is -3.58. The van der Waals surface area contributed by atoms with Crippen LogP contribution < -0.4 is 0 Å². The molecule has 1 saturated heterocycles. The molecule has 2 aliphatic rings. The number of sulfonamides is 1. The molecule has 0 amide bonds. The highest BCUT2D eigenvalue weighted by Gasteiger charge is 2.52. The summed E-state index contributed by atoms with van der Waals surface area (Å²) >= 11 is 0. The number of nitrogens with zero attached hydrogens (tertiary/aromatic N) is 3. The van der Waals surface area contributed by atoms with Crippen LogP contribution in [0.3, 0.4) is 0 Å². The minimum absolute atomic E-state index is 0.0191. The van der Waals surface area contributed by atoms with Crippen LogP contribution in [0.15, 0.2) is 59.1 Å². The van der Waals surface area contributed by atoms with Crippen molar-refractivity contribution in [1.29, 1.82) is 0 Å². The van der Waals surface area contributed by atoms with Gasteiger partial charge in [0, 0.05) is 13.1 Å². The van der Waals surface area contributed by atoms with Crippen LogP contribution in [0.25, 0.3) is 11.8 Å². The first-order chi connectivity index (χ1) is 17.9. The molecule has 38 heavy (non-hydrogen) atoms. The molecule has 5 rings (SSSR count). The summed E-state index contributed by atoms with van der Waals surface area (Å²) in [6.45, 7) is -0.528. The number of benzene rings is 2. The number of carbonyl (C=O) groups is 1. The summed E-state index contributed by atoms with van der Waals surface area (Å²) in [6.07, 6.45) is -1.76. The molecule has 2 aromatic carbocycles. The van der Waals surface area contributed by atoms with Gasteiger partial charge in [0.05, 0.1) is 35.1 Å². The third-order valence-electron chi connectivity index (χ3n) is 6.91. The lowest BCUT2D eigenvalue weighted by atomic mass is 9.69. The SMILES string of the molecule is COC(=O)[C@]12Cc3cnn(-c4ccc(F)cc4)c3C=C1CCN(S(=O)(=O)c1ccc(F)c(C(F)(F)F)c1)C2. The predicted octanol–water partition coefficient (Wildman–Crippen LogP) is 4.36. The monoisotopic (exact) mass is 553 g/mol. The lowest BCUT2D eigenvalue weighted by Gasteiger charge is -2.43. The van der Waals surface area contributed by atoms with Crippen LogP contribution in [0.2, 0.25) is 0 Å². The molecule has 7 nitrogen and oxygen atoms in total. The van der Waals surface area contributed by atoms with E-state index in [0.29, 0.717) is 28.6 Å². The van der Waals surface area contributed by atoms with Crippen LogP contribution in [-0.2, 0) is 32.2 Å². The highest BCUT2D eigenvalue weighted by molar-refractivity contribution is 7.89. The number of ether oxygens (including phenoxy) is 1. The van der Waals surface area contributed by atoms with Gasteiger partial charge >= 0.3 is 12.1 Å². The van der Waals surface area contributed by atoms with Gasteiger partial charge in [-0.3, -0.25) is 4.79 Å². The van der Waals surface area contributed by atoms with E-state index >= 15 is 0 Å². The highest BCUT2D eigenvalue weighted by Crippen LogP contribution is 2.46. The highest BCUT2D eigenvalue weighted by atomic mass is 32.2. The Morgan fingerprint density at radius 2 is 1.82 bits per heavy atom. The van der Waals surface area contributed by atoms with E-state index in [1.807, 2.05) is 0 Å². The molecule has 0 radical (unpaired) electrons. The van der Waals surface area contributed by atoms with Crippen molar-refractivity contribution in [2.45, 2.75) is 23.9 Å². The van der Waals surface area contributed by atoms with E-state index in [2.05, 4.69) is 5.10 Å². The number of hydrogen-bond donors (Lipinski definition) is 0. The fourth-order valence-corrected chi connectivity index (χ4v) is 6.53. The van der Waals surface area contributed by atoms with E-state index in [-0.39, 0.29) is 25.5 Å². The number of methoxy groups -OCH3 is 1. The predicted molar refractivity (Wildman–Crippen MR) is 124 cm³/mol. The van der Waals surface area contributed by atoms with Gasteiger partial charge in [-0.2, -0.15) is 22.6 Å². The lowest BCUT2D eigenvalue weighted by molar-refractivity contribution is -0.151. The molecule has 0 saturated carbocycles. The molecule has 0 bridgehead atoms. The van der Waals surface area contributed by atoms with Crippen molar-refractivity contribution < 1.29 is 39.9 Å². The van der Waals surface area contributed by atoms with Crippen LogP contribution in [0.4, 0.5) is 22.0 Å². The van der Waals surface area contributed by atoms with Crippen molar-refractivity contribution in [3.63, 3.8) is 0 Å². The Labute approximate surface area is 214 Å². The first-order valence-electron chi connectivity index (χ1n) is 11.4. The molecule has 1 aliphatic carbocycles. The Morgan fingerprint density at radius 1 is 1.11 bits per heavy atom. The topological polar surface area (TPSA) is 81.5 Å². The molecule has 13 heteroatoms. The average molecular weight is 554 g/mol. The quantitative estimate of drug-likeness (QED) is 0.354. The van der Waals surface area contributed by atoms with Gasteiger partial charge in [0.25, 0.3) is 0 Å². The fourth-order valence-electron chi connectivity index (χ4n) is 5.01. The molecule has 1 fully saturated rings. The van der Waals surface area contributed by atoms with Crippen molar-refractivity contribution in [2.75, 3.05) is 20.2 Å². The Bertz CT molecular complexity index is 1560. The van der Waals surface area contributed by atoms with Crippen LogP contribution in [0.1, 0.15) is 23.2 Å². The number of aromatic nitrogens is 2. The molecule has 1 aliphatic heterocycles. The van der Waals surface area contributed by atoms with Crippen LogP contribution >= 0.6 is 0 Å². The second kappa shape index (κ2) is 9.02. The molecule has 0 spiro atoms. The number of alkyl halides is 3. The number of fused-ring (bicyclic) bond motifs is 2. The molecule has 0 N–H and O–H groups in total. The Balaban J connectivity index is 1.54. The fraction of sp³-hybridized carbons (Fsp3) is 0.280.